The van der Waals surface area contributed by atoms with E-state index in [9.17, 15) is 19.2 Å². The smallest absolute Gasteiger partial charge is 0.237 e. The molecule has 1 saturated heterocycles. The van der Waals surface area contributed by atoms with E-state index in [0.29, 0.717) is 26.1 Å². The number of nitrogens with zero attached hydrogens (tertiary/aromatic N) is 4. The second kappa shape index (κ2) is 10.1. The molecule has 10 heteroatoms. The molecule has 2 aliphatic rings. The molecule has 1 aromatic heterocycles. The van der Waals surface area contributed by atoms with Gasteiger partial charge in [0.2, 0.25) is 23.6 Å². The van der Waals surface area contributed by atoms with Gasteiger partial charge in [0.1, 0.15) is 0 Å². The van der Waals surface area contributed by atoms with Crippen LogP contribution >= 0.6 is 0 Å². The zero-order chi connectivity index (χ0) is 25.2. The number of amides is 4. The monoisotopic (exact) mass is 472 g/mol. The first kappa shape index (κ1) is 25.6. The molecule has 0 aromatic carbocycles. The van der Waals surface area contributed by atoms with Crippen LogP contribution in [-0.2, 0) is 32.1 Å². The Labute approximate surface area is 200 Å². The summed E-state index contributed by atoms with van der Waals surface area (Å²) in [6, 6.07) is -0.234. The third-order valence-electron chi connectivity index (χ3n) is 6.50. The number of carbonyl (C=O) groups is 4. The first-order chi connectivity index (χ1) is 15.9. The topological polar surface area (TPSA) is 126 Å². The van der Waals surface area contributed by atoms with Crippen LogP contribution in [0.4, 0.5) is 0 Å². The van der Waals surface area contributed by atoms with E-state index in [1.165, 1.54) is 11.8 Å². The van der Waals surface area contributed by atoms with Crippen molar-refractivity contribution < 1.29 is 19.2 Å². The summed E-state index contributed by atoms with van der Waals surface area (Å²) >= 11 is 0. The molecule has 4 amide bonds. The summed E-state index contributed by atoms with van der Waals surface area (Å²) in [5, 5.41) is 14.1. The number of likely N-dealkylation sites (tertiary alicyclic amines) is 1. The molecular formula is C24H36N6O4. The normalized spacial score (nSPS) is 24.5. The summed E-state index contributed by atoms with van der Waals surface area (Å²) in [5.41, 5.74) is 0.451. The first-order valence-electron chi connectivity index (χ1n) is 11.9. The molecule has 1 fully saturated rings. The maximum atomic E-state index is 13.3. The van der Waals surface area contributed by atoms with Crippen molar-refractivity contribution in [1.29, 1.82) is 0 Å². The molecule has 34 heavy (non-hydrogen) atoms. The Kier molecular flexibility index (Phi) is 7.57. The van der Waals surface area contributed by atoms with E-state index >= 15 is 0 Å². The number of fused-ring (bicyclic) bond motifs is 1. The molecule has 10 nitrogen and oxygen atoms in total. The van der Waals surface area contributed by atoms with Crippen molar-refractivity contribution in [3.8, 4) is 0 Å². The van der Waals surface area contributed by atoms with Crippen molar-refractivity contribution in [3.63, 3.8) is 0 Å². The van der Waals surface area contributed by atoms with Crippen LogP contribution in [0.5, 0.6) is 0 Å². The van der Waals surface area contributed by atoms with Crippen LogP contribution in [0.2, 0.25) is 0 Å². The maximum Gasteiger partial charge on any atom is 0.237 e. The molecule has 1 aromatic rings. The van der Waals surface area contributed by atoms with Gasteiger partial charge in [-0.1, -0.05) is 38.1 Å². The summed E-state index contributed by atoms with van der Waals surface area (Å²) in [5.74, 6) is -2.71. The van der Waals surface area contributed by atoms with Gasteiger partial charge < -0.3 is 10.6 Å². The van der Waals surface area contributed by atoms with Crippen LogP contribution in [0.1, 0.15) is 47.2 Å². The minimum atomic E-state index is -0.653. The molecular weight excluding hydrogens is 436 g/mol. The predicted molar refractivity (Wildman–Crippen MR) is 125 cm³/mol. The fourth-order valence-corrected chi connectivity index (χ4v) is 4.80. The van der Waals surface area contributed by atoms with E-state index in [2.05, 4.69) is 20.9 Å². The van der Waals surface area contributed by atoms with E-state index in [4.69, 9.17) is 0 Å². The van der Waals surface area contributed by atoms with E-state index in [0.717, 1.165) is 5.69 Å². The molecule has 3 rings (SSSR count). The van der Waals surface area contributed by atoms with Crippen molar-refractivity contribution in [1.82, 2.24) is 30.5 Å². The molecule has 0 bridgehead atoms. The lowest BCUT2D eigenvalue weighted by molar-refractivity contribution is -0.144. The van der Waals surface area contributed by atoms with Crippen LogP contribution in [-0.4, -0.2) is 62.7 Å². The predicted octanol–water partition coefficient (Wildman–Crippen LogP) is 0.931. The maximum absolute atomic E-state index is 13.3. The van der Waals surface area contributed by atoms with Crippen LogP contribution in [0, 0.1) is 29.1 Å². The van der Waals surface area contributed by atoms with Crippen LogP contribution < -0.4 is 10.6 Å². The van der Waals surface area contributed by atoms with Gasteiger partial charge in [0, 0.05) is 50.6 Å². The Balaban J connectivity index is 1.61. The number of hydrogen-bond acceptors (Lipinski definition) is 6. The van der Waals surface area contributed by atoms with Gasteiger partial charge in [-0.2, -0.15) is 0 Å². The summed E-state index contributed by atoms with van der Waals surface area (Å²) in [4.78, 5) is 51.4. The van der Waals surface area contributed by atoms with Gasteiger partial charge in [-0.05, 0) is 19.8 Å². The lowest BCUT2D eigenvalue weighted by Crippen LogP contribution is -2.47. The summed E-state index contributed by atoms with van der Waals surface area (Å²) in [6.07, 6.45) is 6.10. The number of carbonyl (C=O) groups excluding carboxylic acids is 4. The van der Waals surface area contributed by atoms with E-state index in [-0.39, 0.29) is 41.0 Å². The molecule has 0 radical (unpaired) electrons. The molecule has 1 aliphatic carbocycles. The fourth-order valence-electron chi connectivity index (χ4n) is 4.80. The Hall–Kier alpha value is -3.04. The average Bonchev–Trinajstić information content (AvgIpc) is 3.27. The second-order valence-electron chi connectivity index (χ2n) is 10.5. The minimum Gasteiger partial charge on any atom is -0.356 e. The lowest BCUT2D eigenvalue weighted by atomic mass is 9.71. The number of aromatic nitrogens is 3. The minimum absolute atomic E-state index is 0.0843. The highest BCUT2D eigenvalue weighted by molar-refractivity contribution is 6.08. The molecule has 2 N–H and O–H groups in total. The summed E-state index contributed by atoms with van der Waals surface area (Å²) in [6.45, 7) is 12.5. The Bertz CT molecular complexity index is 982. The standard InChI is InChI=1S/C24H36N6O4/c1-14(2)30-22(33)18-8-7-15(3)19(20(18)23(30)34)21(32)26-12-24(5,6)13-29-11-17(27-28-29)9-10-25-16(4)31/h7-8,11,14-15,18-20H,9-10,12-13H2,1-6H3,(H,25,31)(H,26,32). The third kappa shape index (κ3) is 5.53. The Morgan fingerprint density at radius 1 is 1.15 bits per heavy atom. The molecule has 1 aliphatic heterocycles. The van der Waals surface area contributed by atoms with Gasteiger partial charge >= 0.3 is 0 Å². The molecule has 186 valence electrons. The van der Waals surface area contributed by atoms with Crippen LogP contribution in [0.3, 0.4) is 0 Å². The Morgan fingerprint density at radius 2 is 1.85 bits per heavy atom. The lowest BCUT2D eigenvalue weighted by Gasteiger charge is -2.32. The van der Waals surface area contributed by atoms with E-state index in [1.807, 2.05) is 46.9 Å². The zero-order valence-corrected chi connectivity index (χ0v) is 20.9. The van der Waals surface area contributed by atoms with Crippen molar-refractivity contribution in [2.24, 2.45) is 29.1 Å². The average molecular weight is 473 g/mol. The van der Waals surface area contributed by atoms with Gasteiger partial charge in [-0.3, -0.25) is 28.8 Å². The largest absolute Gasteiger partial charge is 0.356 e. The highest BCUT2D eigenvalue weighted by Gasteiger charge is 2.55. The van der Waals surface area contributed by atoms with Gasteiger partial charge in [-0.15, -0.1) is 5.10 Å². The molecule has 2 heterocycles. The third-order valence-corrected chi connectivity index (χ3v) is 6.50. The van der Waals surface area contributed by atoms with Gasteiger partial charge in [-0.25, -0.2) is 0 Å². The quantitative estimate of drug-likeness (QED) is 0.407. The second-order valence-corrected chi connectivity index (χ2v) is 10.5. The summed E-state index contributed by atoms with van der Waals surface area (Å²) in [7, 11) is 0. The number of imide groups is 1. The zero-order valence-electron chi connectivity index (χ0n) is 20.9. The van der Waals surface area contributed by atoms with Gasteiger partial charge in [0.25, 0.3) is 0 Å². The SMILES string of the molecule is CC(=O)NCCc1cn(CC(C)(C)CNC(=O)C2C(C)C=CC3C(=O)N(C(C)C)C(=O)C32)nn1. The summed E-state index contributed by atoms with van der Waals surface area (Å²) < 4.78 is 1.73. The van der Waals surface area contributed by atoms with Crippen molar-refractivity contribution in [2.45, 2.75) is 60.5 Å². The van der Waals surface area contributed by atoms with Crippen molar-refractivity contribution in [2.75, 3.05) is 13.1 Å². The van der Waals surface area contributed by atoms with Crippen LogP contribution in [0.15, 0.2) is 18.3 Å². The number of hydrogen-bond donors (Lipinski definition) is 2. The number of nitrogens with one attached hydrogen (secondary N) is 2. The molecule has 0 saturated carbocycles. The number of rotatable bonds is 9. The van der Waals surface area contributed by atoms with Crippen molar-refractivity contribution in [3.05, 3.63) is 24.0 Å². The highest BCUT2D eigenvalue weighted by atomic mass is 16.2. The highest BCUT2D eigenvalue weighted by Crippen LogP contribution is 2.41. The van der Waals surface area contributed by atoms with Gasteiger partial charge in [0.05, 0.1) is 23.4 Å². The molecule has 4 unspecified atom stereocenters. The Morgan fingerprint density at radius 3 is 2.50 bits per heavy atom. The van der Waals surface area contributed by atoms with Crippen LogP contribution in [0.25, 0.3) is 0 Å². The van der Waals surface area contributed by atoms with Gasteiger partial charge in [0.15, 0.2) is 0 Å². The number of allylic oxidation sites excluding steroid dienone is 1. The van der Waals surface area contributed by atoms with E-state index < -0.39 is 17.8 Å². The molecule has 0 spiro atoms. The first-order valence-corrected chi connectivity index (χ1v) is 11.9. The fraction of sp³-hybridized carbons (Fsp3) is 0.667. The molecule has 4 atom stereocenters. The van der Waals surface area contributed by atoms with Crippen molar-refractivity contribution >= 4 is 23.6 Å². The van der Waals surface area contributed by atoms with E-state index in [1.54, 1.807) is 10.8 Å².